The summed E-state index contributed by atoms with van der Waals surface area (Å²) < 4.78 is 0. The van der Waals surface area contributed by atoms with Gasteiger partial charge in [0.25, 0.3) is 0 Å². The van der Waals surface area contributed by atoms with Crippen molar-refractivity contribution in [3.8, 4) is 5.75 Å². The van der Waals surface area contributed by atoms with Gasteiger partial charge < -0.3 is 42.6 Å². The molecule has 0 saturated carbocycles. The molecular formula is C24H35N7O6S. The number of nitrogens with one attached hydrogen (secondary N) is 4. The fraction of sp³-hybridized carbons (Fsp3) is 0.458. The number of phenols is 1. The van der Waals surface area contributed by atoms with Crippen LogP contribution in [0, 0.1) is 0 Å². The number of hydrogen-bond acceptors (Lipinski definition) is 9. The number of aliphatic carboxylic acids is 1. The minimum absolute atomic E-state index is 0.0258. The Morgan fingerprint density at radius 2 is 1.58 bits per heavy atom. The number of amides is 3. The number of benzene rings is 1. The molecule has 1 aromatic carbocycles. The average Bonchev–Trinajstić information content (AvgIpc) is 3.40. The van der Waals surface area contributed by atoms with Gasteiger partial charge in [0.2, 0.25) is 17.7 Å². The Kier molecular flexibility index (Phi) is 12.6. The Labute approximate surface area is 225 Å². The number of carboxylic acid groups (broad SMARTS) is 1. The summed E-state index contributed by atoms with van der Waals surface area (Å²) >= 11 is 4.14. The monoisotopic (exact) mass is 549 g/mol. The predicted octanol–water partition coefficient (Wildman–Crippen LogP) is -1.17. The van der Waals surface area contributed by atoms with Crippen molar-refractivity contribution >= 4 is 36.3 Å². The maximum Gasteiger partial charge on any atom is 0.326 e. The number of carboxylic acids is 1. The third-order valence-corrected chi connectivity index (χ3v) is 6.08. The number of imidazole rings is 1. The normalized spacial score (nSPS) is 14.1. The molecule has 0 bridgehead atoms. The zero-order valence-electron chi connectivity index (χ0n) is 20.8. The third-order valence-electron chi connectivity index (χ3n) is 5.72. The minimum Gasteiger partial charge on any atom is -0.508 e. The van der Waals surface area contributed by atoms with Crippen molar-refractivity contribution in [2.24, 2.45) is 11.5 Å². The van der Waals surface area contributed by atoms with Gasteiger partial charge in [-0.1, -0.05) is 12.1 Å². The van der Waals surface area contributed by atoms with Crippen LogP contribution in [-0.4, -0.2) is 80.3 Å². The molecule has 0 aliphatic rings. The van der Waals surface area contributed by atoms with Gasteiger partial charge in [-0.2, -0.15) is 12.6 Å². The number of nitrogens with two attached hydrogens (primary N) is 2. The minimum atomic E-state index is -1.29. The smallest absolute Gasteiger partial charge is 0.326 e. The second kappa shape index (κ2) is 15.6. The SMILES string of the molecule is NCCCCC(NC(=O)C(N)Cc1cnc[nH]1)C(=O)NC(CS)C(=O)NC(Cc1ccc(O)cc1)C(=O)O. The number of thiol groups is 1. The summed E-state index contributed by atoms with van der Waals surface area (Å²) in [6, 6.07) is 1.51. The van der Waals surface area contributed by atoms with Crippen LogP contribution in [0.4, 0.5) is 0 Å². The van der Waals surface area contributed by atoms with Crippen LogP contribution in [0.5, 0.6) is 5.75 Å². The van der Waals surface area contributed by atoms with E-state index in [2.05, 4.69) is 38.5 Å². The Bertz CT molecular complexity index is 1050. The molecule has 208 valence electrons. The van der Waals surface area contributed by atoms with Gasteiger partial charge in [0, 0.05) is 30.5 Å². The van der Waals surface area contributed by atoms with E-state index in [9.17, 15) is 29.4 Å². The van der Waals surface area contributed by atoms with Gasteiger partial charge in [0.05, 0.1) is 12.4 Å². The lowest BCUT2D eigenvalue weighted by Gasteiger charge is -2.24. The van der Waals surface area contributed by atoms with Crippen molar-refractivity contribution in [3.05, 3.63) is 48.0 Å². The Morgan fingerprint density at radius 3 is 2.16 bits per heavy atom. The van der Waals surface area contributed by atoms with E-state index in [-0.39, 0.29) is 30.8 Å². The fourth-order valence-corrected chi connectivity index (χ4v) is 3.83. The number of rotatable bonds is 16. The van der Waals surface area contributed by atoms with Gasteiger partial charge in [0.15, 0.2) is 0 Å². The highest BCUT2D eigenvalue weighted by Crippen LogP contribution is 2.12. The van der Waals surface area contributed by atoms with Crippen molar-refractivity contribution in [1.82, 2.24) is 25.9 Å². The summed E-state index contributed by atoms with van der Waals surface area (Å²) in [4.78, 5) is 57.1. The summed E-state index contributed by atoms with van der Waals surface area (Å²) in [5, 5.41) is 26.6. The van der Waals surface area contributed by atoms with Crippen molar-refractivity contribution in [3.63, 3.8) is 0 Å². The maximum atomic E-state index is 13.1. The number of nitrogens with zero attached hydrogens (tertiary/aromatic N) is 1. The molecule has 10 N–H and O–H groups in total. The quantitative estimate of drug-likeness (QED) is 0.0906. The lowest BCUT2D eigenvalue weighted by Crippen LogP contribution is -2.58. The van der Waals surface area contributed by atoms with Gasteiger partial charge in [-0.3, -0.25) is 14.4 Å². The second-order valence-electron chi connectivity index (χ2n) is 8.75. The summed E-state index contributed by atoms with van der Waals surface area (Å²) in [6.45, 7) is 0.404. The van der Waals surface area contributed by atoms with E-state index in [0.717, 1.165) is 0 Å². The fourth-order valence-electron chi connectivity index (χ4n) is 3.57. The van der Waals surface area contributed by atoms with Crippen molar-refractivity contribution < 1.29 is 29.4 Å². The van der Waals surface area contributed by atoms with Gasteiger partial charge in [0.1, 0.15) is 23.9 Å². The number of aromatic nitrogens is 2. The van der Waals surface area contributed by atoms with Crippen molar-refractivity contribution in [1.29, 1.82) is 0 Å². The first-order valence-electron chi connectivity index (χ1n) is 12.1. The zero-order valence-corrected chi connectivity index (χ0v) is 21.7. The average molecular weight is 550 g/mol. The molecule has 2 rings (SSSR count). The van der Waals surface area contributed by atoms with E-state index in [1.807, 2.05) is 0 Å². The van der Waals surface area contributed by atoms with Crippen molar-refractivity contribution in [2.75, 3.05) is 12.3 Å². The first-order valence-corrected chi connectivity index (χ1v) is 12.7. The molecule has 38 heavy (non-hydrogen) atoms. The summed E-state index contributed by atoms with van der Waals surface area (Å²) in [5.41, 5.74) is 12.8. The van der Waals surface area contributed by atoms with E-state index < -0.39 is 47.9 Å². The molecule has 4 unspecified atom stereocenters. The van der Waals surface area contributed by atoms with Gasteiger partial charge in [-0.25, -0.2) is 9.78 Å². The van der Waals surface area contributed by atoms with Crippen molar-refractivity contribution in [2.45, 2.75) is 56.3 Å². The molecule has 0 spiro atoms. The van der Waals surface area contributed by atoms with E-state index in [1.165, 1.54) is 18.5 Å². The molecule has 3 amide bonds. The van der Waals surface area contributed by atoms with Gasteiger partial charge in [-0.15, -0.1) is 0 Å². The van der Waals surface area contributed by atoms with E-state index in [4.69, 9.17) is 11.5 Å². The summed E-state index contributed by atoms with van der Waals surface area (Å²) in [6.07, 6.45) is 4.56. The molecule has 0 radical (unpaired) electrons. The standard InChI is InChI=1S/C24H35N7O6S/c25-8-2-1-3-18(29-21(33)17(26)10-15-11-27-13-28-15)22(34)31-20(12-38)23(35)30-19(24(36)37)9-14-4-6-16(32)7-5-14/h4-7,11,13,17-20,32,38H,1-3,8-10,12,25-26H2,(H,27,28)(H,29,33)(H,30,35)(H,31,34)(H,36,37). The number of hydrogen-bond donors (Lipinski definition) is 9. The van der Waals surface area contributed by atoms with E-state index in [1.54, 1.807) is 18.3 Å². The summed E-state index contributed by atoms with van der Waals surface area (Å²) in [7, 11) is 0. The number of carbonyl (C=O) groups is 4. The lowest BCUT2D eigenvalue weighted by molar-refractivity contribution is -0.142. The molecule has 14 heteroatoms. The Morgan fingerprint density at radius 1 is 0.947 bits per heavy atom. The molecule has 4 atom stereocenters. The highest BCUT2D eigenvalue weighted by atomic mass is 32.1. The topological polar surface area (TPSA) is 226 Å². The van der Waals surface area contributed by atoms with E-state index >= 15 is 0 Å². The molecule has 0 saturated heterocycles. The summed E-state index contributed by atoms with van der Waals surface area (Å²) in [5.74, 6) is -3.30. The van der Waals surface area contributed by atoms with Gasteiger partial charge >= 0.3 is 5.97 Å². The predicted molar refractivity (Wildman–Crippen MR) is 142 cm³/mol. The number of aromatic amines is 1. The zero-order chi connectivity index (χ0) is 28.1. The number of unbranched alkanes of at least 4 members (excludes halogenated alkanes) is 1. The molecular weight excluding hydrogens is 514 g/mol. The van der Waals surface area contributed by atoms with Crippen LogP contribution in [0.25, 0.3) is 0 Å². The van der Waals surface area contributed by atoms with E-state index in [0.29, 0.717) is 30.6 Å². The molecule has 2 aromatic rings. The number of phenolic OH excluding ortho intramolecular Hbond substituents is 1. The lowest BCUT2D eigenvalue weighted by atomic mass is 10.0. The van der Waals surface area contributed by atoms with Crippen LogP contribution in [0.3, 0.4) is 0 Å². The molecule has 0 fully saturated rings. The molecule has 0 aliphatic heterocycles. The molecule has 13 nitrogen and oxygen atoms in total. The van der Waals surface area contributed by atoms with Crippen LogP contribution >= 0.6 is 12.6 Å². The van der Waals surface area contributed by atoms with Gasteiger partial charge in [-0.05, 0) is 43.5 Å². The maximum absolute atomic E-state index is 13.1. The van der Waals surface area contributed by atoms with Crippen LogP contribution in [0.2, 0.25) is 0 Å². The first-order chi connectivity index (χ1) is 18.1. The van der Waals surface area contributed by atoms with Crippen LogP contribution in [0.1, 0.15) is 30.5 Å². The van der Waals surface area contributed by atoms with Crippen LogP contribution in [-0.2, 0) is 32.0 Å². The number of H-pyrrole nitrogens is 1. The Balaban J connectivity index is 2.03. The molecule has 0 aliphatic carbocycles. The number of carbonyl (C=O) groups excluding carboxylic acids is 3. The first kappa shape index (κ1) is 30.6. The molecule has 1 heterocycles. The second-order valence-corrected chi connectivity index (χ2v) is 9.11. The highest BCUT2D eigenvalue weighted by Gasteiger charge is 2.30. The largest absolute Gasteiger partial charge is 0.508 e. The highest BCUT2D eigenvalue weighted by molar-refractivity contribution is 7.80. The third kappa shape index (κ3) is 10.0. The van der Waals surface area contributed by atoms with Crippen LogP contribution < -0.4 is 27.4 Å². The molecule has 1 aromatic heterocycles. The number of aromatic hydroxyl groups is 1. The Hall–Kier alpha value is -3.62. The van der Waals surface area contributed by atoms with Crippen LogP contribution in [0.15, 0.2) is 36.8 Å².